The summed E-state index contributed by atoms with van der Waals surface area (Å²) in [7, 11) is 0. The van der Waals surface area contributed by atoms with Gasteiger partial charge in [-0.25, -0.2) is 4.98 Å². The lowest BCUT2D eigenvalue weighted by Crippen LogP contribution is -2.43. The van der Waals surface area contributed by atoms with Gasteiger partial charge >= 0.3 is 0 Å². The van der Waals surface area contributed by atoms with Crippen LogP contribution in [0.5, 0.6) is 5.88 Å². The Morgan fingerprint density at radius 2 is 2.25 bits per heavy atom. The highest BCUT2D eigenvalue weighted by molar-refractivity contribution is 5.36. The van der Waals surface area contributed by atoms with Crippen LogP contribution in [-0.2, 0) is 0 Å². The van der Waals surface area contributed by atoms with Crippen molar-refractivity contribution in [3.05, 3.63) is 27.9 Å². The Morgan fingerprint density at radius 1 is 1.56 bits per heavy atom. The van der Waals surface area contributed by atoms with Crippen LogP contribution >= 0.6 is 0 Å². The molecule has 0 aliphatic heterocycles. The molecule has 1 aromatic rings. The van der Waals surface area contributed by atoms with Crippen molar-refractivity contribution in [1.29, 1.82) is 0 Å². The minimum absolute atomic E-state index is 0.0117. The second kappa shape index (κ2) is 4.05. The summed E-state index contributed by atoms with van der Waals surface area (Å²) in [6.07, 6.45) is 1.73. The van der Waals surface area contributed by atoms with Gasteiger partial charge in [-0.2, -0.15) is 0 Å². The Balaban J connectivity index is 2.06. The number of nitrogens with two attached hydrogens (primary N) is 1. The summed E-state index contributed by atoms with van der Waals surface area (Å²) < 4.78 is 5.52. The Morgan fingerprint density at radius 3 is 2.75 bits per heavy atom. The highest BCUT2D eigenvalue weighted by atomic mass is 16.6. The van der Waals surface area contributed by atoms with Crippen molar-refractivity contribution < 1.29 is 9.66 Å². The number of pyridine rings is 1. The zero-order valence-electron chi connectivity index (χ0n) is 8.92. The molecule has 0 radical (unpaired) electrons. The van der Waals surface area contributed by atoms with E-state index in [1.54, 1.807) is 6.92 Å². The average molecular weight is 223 g/mol. The van der Waals surface area contributed by atoms with Gasteiger partial charge in [-0.1, -0.05) is 0 Å². The van der Waals surface area contributed by atoms with E-state index in [2.05, 4.69) is 4.98 Å². The third kappa shape index (κ3) is 2.11. The first-order valence-electron chi connectivity index (χ1n) is 5.10. The molecule has 6 heteroatoms. The highest BCUT2D eigenvalue weighted by Crippen LogP contribution is 2.25. The number of nitrogens with zero attached hydrogens (tertiary/aromatic N) is 2. The lowest BCUT2D eigenvalue weighted by Gasteiger charge is -2.32. The maximum atomic E-state index is 10.6. The molecular weight excluding hydrogens is 210 g/mol. The van der Waals surface area contributed by atoms with E-state index < -0.39 is 4.92 Å². The molecule has 0 amide bonds. The number of hydrogen-bond acceptors (Lipinski definition) is 5. The molecule has 2 N–H and O–H groups in total. The fourth-order valence-corrected chi connectivity index (χ4v) is 1.66. The van der Waals surface area contributed by atoms with Crippen LogP contribution in [0.15, 0.2) is 12.1 Å². The second-order valence-corrected chi connectivity index (χ2v) is 3.98. The summed E-state index contributed by atoms with van der Waals surface area (Å²) in [6.45, 7) is 1.59. The van der Waals surface area contributed by atoms with E-state index in [1.165, 1.54) is 12.1 Å². The monoisotopic (exact) mass is 223 g/mol. The largest absolute Gasteiger partial charge is 0.474 e. The summed E-state index contributed by atoms with van der Waals surface area (Å²) in [5.74, 6) is 0.431. The molecule has 1 fully saturated rings. The molecule has 86 valence electrons. The summed E-state index contributed by atoms with van der Waals surface area (Å²) in [5, 5.41) is 10.6. The molecule has 16 heavy (non-hydrogen) atoms. The second-order valence-electron chi connectivity index (χ2n) is 3.98. The number of ether oxygens (including phenoxy) is 1. The fraction of sp³-hybridized carbons (Fsp3) is 0.500. The van der Waals surface area contributed by atoms with E-state index in [0.29, 0.717) is 11.6 Å². The van der Waals surface area contributed by atoms with Gasteiger partial charge in [-0.05, 0) is 19.8 Å². The molecule has 0 spiro atoms. The van der Waals surface area contributed by atoms with Gasteiger partial charge in [0.15, 0.2) is 0 Å². The lowest BCUT2D eigenvalue weighted by atomic mass is 9.90. The van der Waals surface area contributed by atoms with Gasteiger partial charge in [-0.15, -0.1) is 0 Å². The summed E-state index contributed by atoms with van der Waals surface area (Å²) in [6, 6.07) is 3.15. The van der Waals surface area contributed by atoms with Crippen LogP contribution in [0.25, 0.3) is 0 Å². The van der Waals surface area contributed by atoms with Gasteiger partial charge < -0.3 is 10.5 Å². The van der Waals surface area contributed by atoms with Gasteiger partial charge in [0.2, 0.25) is 5.88 Å². The maximum Gasteiger partial charge on any atom is 0.290 e. The molecule has 1 aliphatic rings. The minimum Gasteiger partial charge on any atom is -0.474 e. The van der Waals surface area contributed by atoms with Crippen LogP contribution < -0.4 is 10.5 Å². The number of nitro groups is 1. The van der Waals surface area contributed by atoms with Crippen molar-refractivity contribution in [3.63, 3.8) is 0 Å². The first kappa shape index (κ1) is 10.8. The van der Waals surface area contributed by atoms with Gasteiger partial charge in [0.1, 0.15) is 11.8 Å². The van der Waals surface area contributed by atoms with Crippen molar-refractivity contribution in [3.8, 4) is 5.88 Å². The molecule has 0 bridgehead atoms. The van der Waals surface area contributed by atoms with Gasteiger partial charge in [0.05, 0.1) is 4.92 Å². The molecule has 0 aromatic carbocycles. The predicted octanol–water partition coefficient (Wildman–Crippen LogP) is 1.17. The van der Waals surface area contributed by atoms with Crippen molar-refractivity contribution in [2.24, 2.45) is 5.73 Å². The average Bonchev–Trinajstić information content (AvgIpc) is 2.15. The molecule has 6 nitrogen and oxygen atoms in total. The molecule has 0 atom stereocenters. The van der Waals surface area contributed by atoms with Crippen molar-refractivity contribution in [2.45, 2.75) is 31.9 Å². The third-order valence-corrected chi connectivity index (χ3v) is 2.65. The molecular formula is C10H13N3O3. The van der Waals surface area contributed by atoms with Gasteiger partial charge in [-0.3, -0.25) is 10.1 Å². The van der Waals surface area contributed by atoms with E-state index >= 15 is 0 Å². The van der Waals surface area contributed by atoms with Crippen LogP contribution in [-0.4, -0.2) is 22.1 Å². The van der Waals surface area contributed by atoms with E-state index in [1.807, 2.05) is 0 Å². The zero-order chi connectivity index (χ0) is 11.7. The Labute approximate surface area is 92.6 Å². The van der Waals surface area contributed by atoms with Crippen LogP contribution in [0.2, 0.25) is 0 Å². The number of aromatic nitrogens is 1. The van der Waals surface area contributed by atoms with Crippen LogP contribution in [0, 0.1) is 17.0 Å². The summed E-state index contributed by atoms with van der Waals surface area (Å²) in [4.78, 5) is 14.2. The quantitative estimate of drug-likeness (QED) is 0.613. The predicted molar refractivity (Wildman–Crippen MR) is 57.3 cm³/mol. The van der Waals surface area contributed by atoms with Gasteiger partial charge in [0.25, 0.3) is 5.69 Å². The lowest BCUT2D eigenvalue weighted by molar-refractivity contribution is -0.385. The molecule has 2 rings (SSSR count). The summed E-state index contributed by atoms with van der Waals surface area (Å²) >= 11 is 0. The molecule has 1 aliphatic carbocycles. The molecule has 0 saturated heterocycles. The number of rotatable bonds is 3. The Kier molecular flexibility index (Phi) is 2.74. The molecule has 0 unspecified atom stereocenters. The summed E-state index contributed by atoms with van der Waals surface area (Å²) in [5.41, 5.74) is 6.01. The highest BCUT2D eigenvalue weighted by Gasteiger charge is 2.28. The maximum absolute atomic E-state index is 10.6. The third-order valence-electron chi connectivity index (χ3n) is 2.65. The standard InChI is InChI=1S/C10H13N3O3/c1-6-9(13(14)15)2-3-10(12-6)16-8-4-7(11)5-8/h2-3,7-8H,4-5,11H2,1H3. The van der Waals surface area contributed by atoms with Gasteiger partial charge in [0, 0.05) is 18.2 Å². The molecule has 1 heterocycles. The van der Waals surface area contributed by atoms with Crippen molar-refractivity contribution in [1.82, 2.24) is 4.98 Å². The Hall–Kier alpha value is -1.69. The van der Waals surface area contributed by atoms with Crippen molar-refractivity contribution >= 4 is 5.69 Å². The van der Waals surface area contributed by atoms with E-state index in [0.717, 1.165) is 12.8 Å². The first-order chi connectivity index (χ1) is 7.56. The molecule has 1 aromatic heterocycles. The molecule has 1 saturated carbocycles. The van der Waals surface area contributed by atoms with Crippen LogP contribution in [0.4, 0.5) is 5.69 Å². The number of aryl methyl sites for hydroxylation is 1. The minimum atomic E-state index is -0.453. The van der Waals surface area contributed by atoms with E-state index in [4.69, 9.17) is 10.5 Å². The van der Waals surface area contributed by atoms with E-state index in [-0.39, 0.29) is 17.8 Å². The number of hydrogen-bond donors (Lipinski definition) is 1. The van der Waals surface area contributed by atoms with Crippen molar-refractivity contribution in [2.75, 3.05) is 0 Å². The SMILES string of the molecule is Cc1nc(OC2CC(N)C2)ccc1[N+](=O)[O-]. The first-order valence-corrected chi connectivity index (χ1v) is 5.10. The van der Waals surface area contributed by atoms with E-state index in [9.17, 15) is 10.1 Å². The zero-order valence-corrected chi connectivity index (χ0v) is 8.92. The Bertz CT molecular complexity index is 416. The normalized spacial score (nSPS) is 23.6. The van der Waals surface area contributed by atoms with Crippen LogP contribution in [0.3, 0.4) is 0 Å². The fourth-order valence-electron chi connectivity index (χ4n) is 1.66. The topological polar surface area (TPSA) is 91.3 Å². The smallest absolute Gasteiger partial charge is 0.290 e. The van der Waals surface area contributed by atoms with Crippen LogP contribution in [0.1, 0.15) is 18.5 Å².